The van der Waals surface area contributed by atoms with Crippen molar-refractivity contribution in [3.8, 4) is 5.75 Å². The summed E-state index contributed by atoms with van der Waals surface area (Å²) in [5.74, 6) is -0.590. The number of hydrogen-bond donors (Lipinski definition) is 1. The quantitative estimate of drug-likeness (QED) is 0.498. The molecule has 0 bridgehead atoms. The molecule has 0 saturated carbocycles. The highest BCUT2D eigenvalue weighted by atomic mass is 32.1. The average Bonchev–Trinajstić information content (AvgIpc) is 2.91. The molecule has 0 atom stereocenters. The van der Waals surface area contributed by atoms with Crippen LogP contribution in [0.1, 0.15) is 10.4 Å². The maximum Gasteiger partial charge on any atom is 0.311 e. The van der Waals surface area contributed by atoms with Gasteiger partial charge in [-0.05, 0) is 30.7 Å². The summed E-state index contributed by atoms with van der Waals surface area (Å²) in [5.41, 5.74) is 2.69. The summed E-state index contributed by atoms with van der Waals surface area (Å²) in [4.78, 5) is 22.5. The first kappa shape index (κ1) is 16.6. The minimum Gasteiger partial charge on any atom is -0.477 e. The maximum absolute atomic E-state index is 12.7. The zero-order chi connectivity index (χ0) is 16.8. The number of thiophene rings is 1. The minimum atomic E-state index is -0.590. The number of hydrogen-bond acceptors (Lipinski definition) is 6. The molecule has 23 heavy (non-hydrogen) atoms. The lowest BCUT2D eigenvalue weighted by Crippen LogP contribution is -2.24. The van der Waals surface area contributed by atoms with Crippen LogP contribution in [0.3, 0.4) is 0 Å². The van der Waals surface area contributed by atoms with Crippen LogP contribution in [0.5, 0.6) is 5.75 Å². The summed E-state index contributed by atoms with van der Waals surface area (Å²) in [5, 5.41) is 14.2. The van der Waals surface area contributed by atoms with Gasteiger partial charge in [-0.15, -0.1) is 11.3 Å². The van der Waals surface area contributed by atoms with Gasteiger partial charge in [-0.1, -0.05) is 6.07 Å². The Labute approximate surface area is 134 Å². The molecule has 120 valence electrons. The highest BCUT2D eigenvalue weighted by Crippen LogP contribution is 2.27. The highest BCUT2D eigenvalue weighted by molar-refractivity contribution is 7.12. The van der Waals surface area contributed by atoms with Gasteiger partial charge in [0.2, 0.25) is 0 Å². The molecular weight excluding hydrogens is 325 g/mol. The summed E-state index contributed by atoms with van der Waals surface area (Å²) in [7, 11) is 0. The maximum atomic E-state index is 12.7. The average molecular weight is 337 g/mol. The number of rotatable bonds is 6. The van der Waals surface area contributed by atoms with Gasteiger partial charge in [-0.3, -0.25) is 14.9 Å². The summed E-state index contributed by atoms with van der Waals surface area (Å²) in [6.07, 6.45) is 1.29. The van der Waals surface area contributed by atoms with E-state index in [1.54, 1.807) is 13.0 Å². The molecule has 0 aliphatic rings. The number of carbonyl (C=O) groups is 1. The number of benzene rings is 1. The molecule has 0 spiro atoms. The molecule has 0 saturated heterocycles. The molecule has 1 heterocycles. The second-order valence-corrected chi connectivity index (χ2v) is 5.52. The number of amides is 1. The summed E-state index contributed by atoms with van der Waals surface area (Å²) < 4.78 is 17.9. The van der Waals surface area contributed by atoms with E-state index in [0.717, 1.165) is 11.3 Å². The fourth-order valence-electron chi connectivity index (χ4n) is 1.63. The number of ether oxygens (including phenoxy) is 1. The smallest absolute Gasteiger partial charge is 0.311 e. The van der Waals surface area contributed by atoms with E-state index in [-0.39, 0.29) is 16.6 Å². The van der Waals surface area contributed by atoms with Crippen molar-refractivity contribution in [3.63, 3.8) is 0 Å². The number of nitrogens with one attached hydrogen (secondary N) is 1. The van der Waals surface area contributed by atoms with E-state index in [1.807, 2.05) is 0 Å². The fourth-order valence-corrected chi connectivity index (χ4v) is 2.24. The normalized spacial score (nSPS) is 10.7. The topological polar surface area (TPSA) is 93.8 Å². The molecule has 2 aromatic rings. The van der Waals surface area contributed by atoms with Crippen molar-refractivity contribution in [2.45, 2.75) is 6.92 Å². The van der Waals surface area contributed by atoms with Gasteiger partial charge < -0.3 is 4.74 Å². The Morgan fingerprint density at radius 2 is 2.26 bits per heavy atom. The monoisotopic (exact) mass is 337 g/mol. The number of nitro groups is 1. The molecule has 0 radical (unpaired) electrons. The Bertz CT molecular complexity index is 760. The third-order valence-electron chi connectivity index (χ3n) is 2.64. The summed E-state index contributed by atoms with van der Waals surface area (Å²) >= 11 is 0.883. The van der Waals surface area contributed by atoms with E-state index in [2.05, 4.69) is 10.5 Å². The van der Waals surface area contributed by atoms with E-state index >= 15 is 0 Å². The predicted molar refractivity (Wildman–Crippen MR) is 83.3 cm³/mol. The first-order valence-electron chi connectivity index (χ1n) is 6.41. The Balaban J connectivity index is 1.89. The molecule has 2 rings (SSSR count). The fraction of sp³-hybridized carbons (Fsp3) is 0.143. The van der Waals surface area contributed by atoms with E-state index in [1.165, 1.54) is 30.5 Å². The molecule has 1 aromatic heterocycles. The van der Waals surface area contributed by atoms with E-state index < -0.39 is 17.4 Å². The molecule has 7 nitrogen and oxygen atoms in total. The molecular formula is C14H12FN3O4S. The largest absolute Gasteiger partial charge is 0.477 e. The van der Waals surface area contributed by atoms with Gasteiger partial charge in [0, 0.05) is 6.07 Å². The van der Waals surface area contributed by atoms with Gasteiger partial charge in [-0.25, -0.2) is 5.43 Å². The number of aryl methyl sites for hydroxylation is 1. The van der Waals surface area contributed by atoms with Crippen LogP contribution in [0.2, 0.25) is 0 Å². The Kier molecular flexibility index (Phi) is 5.36. The van der Waals surface area contributed by atoms with Gasteiger partial charge in [-0.2, -0.15) is 9.49 Å². The molecule has 0 aliphatic carbocycles. The Morgan fingerprint density at radius 1 is 1.48 bits per heavy atom. The van der Waals surface area contributed by atoms with Gasteiger partial charge in [0.25, 0.3) is 5.91 Å². The van der Waals surface area contributed by atoms with Crippen molar-refractivity contribution in [2.75, 3.05) is 6.61 Å². The number of nitrogens with zero attached hydrogens (tertiary/aromatic N) is 2. The van der Waals surface area contributed by atoms with Crippen molar-refractivity contribution in [1.82, 2.24) is 5.43 Å². The van der Waals surface area contributed by atoms with Crippen LogP contribution < -0.4 is 10.2 Å². The lowest BCUT2D eigenvalue weighted by Gasteiger charge is -2.06. The zero-order valence-electron chi connectivity index (χ0n) is 12.0. The lowest BCUT2D eigenvalue weighted by molar-refractivity contribution is -0.385. The van der Waals surface area contributed by atoms with Crippen LogP contribution in [-0.4, -0.2) is 23.7 Å². The highest BCUT2D eigenvalue weighted by Gasteiger charge is 2.16. The lowest BCUT2D eigenvalue weighted by atomic mass is 10.2. The first-order valence-corrected chi connectivity index (χ1v) is 7.22. The van der Waals surface area contributed by atoms with Gasteiger partial charge in [0.05, 0.1) is 16.0 Å². The van der Waals surface area contributed by atoms with Crippen LogP contribution in [0, 0.1) is 22.2 Å². The minimum absolute atomic E-state index is 0.0000532. The number of hydrazone groups is 1. The van der Waals surface area contributed by atoms with Crippen LogP contribution in [0.25, 0.3) is 0 Å². The van der Waals surface area contributed by atoms with Crippen LogP contribution in [0.4, 0.5) is 10.1 Å². The van der Waals surface area contributed by atoms with Crippen molar-refractivity contribution in [3.05, 3.63) is 56.0 Å². The molecule has 1 aromatic carbocycles. The molecule has 9 heteroatoms. The molecule has 1 N–H and O–H groups in total. The van der Waals surface area contributed by atoms with Crippen LogP contribution >= 0.6 is 11.3 Å². The molecule has 1 amide bonds. The van der Waals surface area contributed by atoms with Crippen molar-refractivity contribution in [2.24, 2.45) is 5.10 Å². The molecule has 0 unspecified atom stereocenters. The number of halogens is 1. The van der Waals surface area contributed by atoms with E-state index in [9.17, 15) is 19.3 Å². The van der Waals surface area contributed by atoms with Crippen molar-refractivity contribution < 1.29 is 18.8 Å². The van der Waals surface area contributed by atoms with Crippen LogP contribution in [0.15, 0.2) is 35.4 Å². The predicted octanol–water partition coefficient (Wildman–Crippen LogP) is 2.63. The first-order chi connectivity index (χ1) is 11.0. The molecule has 0 aliphatic heterocycles. The summed E-state index contributed by atoms with van der Waals surface area (Å²) in [6.45, 7) is 1.28. The van der Waals surface area contributed by atoms with Crippen LogP contribution in [-0.2, 0) is 4.79 Å². The second kappa shape index (κ2) is 7.45. The Hall–Kier alpha value is -2.81. The number of carbonyl (C=O) groups excluding carboxylic acids is 1. The van der Waals surface area contributed by atoms with Gasteiger partial charge in [0.1, 0.15) is 0 Å². The standard InChI is InChI=1S/C14H12FN3O4S/c1-9-2-4-12(11(6-9)18(20)21)22-8-14(19)17-16-7-10-3-5-13(15)23-10/h2-7H,8H2,1H3,(H,17,19)/b16-7+. The van der Waals surface area contributed by atoms with Crippen molar-refractivity contribution in [1.29, 1.82) is 0 Å². The third-order valence-corrected chi connectivity index (χ3v) is 3.45. The zero-order valence-corrected chi connectivity index (χ0v) is 12.8. The third kappa shape index (κ3) is 4.85. The van der Waals surface area contributed by atoms with Crippen molar-refractivity contribution >= 4 is 29.1 Å². The van der Waals surface area contributed by atoms with E-state index in [4.69, 9.17) is 4.74 Å². The summed E-state index contributed by atoms with van der Waals surface area (Å²) in [6, 6.07) is 7.23. The Morgan fingerprint density at radius 3 is 2.91 bits per heavy atom. The SMILES string of the molecule is Cc1ccc(OCC(=O)N/N=C/c2ccc(F)s2)c([N+](=O)[O-])c1. The van der Waals surface area contributed by atoms with Gasteiger partial charge in [0.15, 0.2) is 17.5 Å². The van der Waals surface area contributed by atoms with E-state index in [0.29, 0.717) is 10.4 Å². The molecule has 0 fully saturated rings. The second-order valence-electron chi connectivity index (χ2n) is 4.45. The van der Waals surface area contributed by atoms with Gasteiger partial charge >= 0.3 is 5.69 Å². The number of nitro benzene ring substituents is 1.